The molecule has 2 atom stereocenters. The summed E-state index contributed by atoms with van der Waals surface area (Å²) in [7, 11) is 0. The Hall–Kier alpha value is -2.02. The van der Waals surface area contributed by atoms with Gasteiger partial charge in [-0.2, -0.15) is 0 Å². The Morgan fingerprint density at radius 1 is 1.44 bits per heavy atom. The number of aromatic nitrogens is 2. The lowest BCUT2D eigenvalue weighted by atomic mass is 10.0. The maximum absolute atomic E-state index is 11.9. The average Bonchev–Trinajstić information content (AvgIpc) is 2.76. The van der Waals surface area contributed by atoms with Gasteiger partial charge in [0.15, 0.2) is 11.5 Å². The third-order valence-corrected chi connectivity index (χ3v) is 2.86. The smallest absolute Gasteiger partial charge is 0.358 e. The molecule has 0 aromatic carbocycles. The zero-order valence-corrected chi connectivity index (χ0v) is 9.79. The van der Waals surface area contributed by atoms with Gasteiger partial charge in [-0.3, -0.25) is 4.79 Å². The Morgan fingerprint density at radius 2 is 2.17 bits per heavy atom. The van der Waals surface area contributed by atoms with Crippen LogP contribution in [0.3, 0.4) is 0 Å². The fourth-order valence-electron chi connectivity index (χ4n) is 1.87. The molecule has 0 bridgehead atoms. The lowest BCUT2D eigenvalue weighted by Crippen LogP contribution is -2.29. The van der Waals surface area contributed by atoms with Crippen LogP contribution in [0.2, 0.25) is 0 Å². The van der Waals surface area contributed by atoms with Gasteiger partial charge >= 0.3 is 5.97 Å². The number of hydrogen-bond donors (Lipinski definition) is 2. The number of carbonyl (C=O) groups excluding carboxylic acids is 1. The van der Waals surface area contributed by atoms with Gasteiger partial charge in [0.25, 0.3) is 0 Å². The second-order valence-corrected chi connectivity index (χ2v) is 4.02. The van der Waals surface area contributed by atoms with Crippen molar-refractivity contribution in [3.05, 3.63) is 18.1 Å². The third kappa shape index (κ3) is 2.45. The molecule has 1 fully saturated rings. The quantitative estimate of drug-likeness (QED) is 0.812. The molecule has 18 heavy (non-hydrogen) atoms. The molecule has 1 amide bonds. The van der Waals surface area contributed by atoms with Crippen molar-refractivity contribution in [3.63, 3.8) is 0 Å². The topological polar surface area (TPSA) is 101 Å². The highest BCUT2D eigenvalue weighted by molar-refractivity contribution is 5.98. The first kappa shape index (κ1) is 12.4. The number of hydrogen-bond acceptors (Lipinski definition) is 5. The molecule has 0 aliphatic carbocycles. The third-order valence-electron chi connectivity index (χ3n) is 2.86. The minimum absolute atomic E-state index is 0.0332. The fraction of sp³-hybridized carbons (Fsp3) is 0.455. The highest BCUT2D eigenvalue weighted by Gasteiger charge is 2.31. The van der Waals surface area contributed by atoms with Crippen LogP contribution in [0.4, 0.5) is 5.82 Å². The van der Waals surface area contributed by atoms with E-state index in [1.807, 2.05) is 6.92 Å². The van der Waals surface area contributed by atoms with Crippen molar-refractivity contribution in [2.45, 2.75) is 19.4 Å². The largest absolute Gasteiger partial charge is 0.476 e. The molecule has 7 heteroatoms. The average molecular weight is 251 g/mol. The minimum atomic E-state index is -1.23. The monoisotopic (exact) mass is 251 g/mol. The number of amides is 1. The van der Waals surface area contributed by atoms with Gasteiger partial charge in [-0.15, -0.1) is 0 Å². The van der Waals surface area contributed by atoms with Gasteiger partial charge in [0.2, 0.25) is 5.91 Å². The van der Waals surface area contributed by atoms with Crippen molar-refractivity contribution in [2.75, 3.05) is 11.9 Å². The maximum atomic E-state index is 11.9. The Balaban J connectivity index is 2.14. The minimum Gasteiger partial charge on any atom is -0.476 e. The van der Waals surface area contributed by atoms with E-state index in [0.29, 0.717) is 13.0 Å². The molecule has 1 saturated heterocycles. The first-order chi connectivity index (χ1) is 8.59. The van der Waals surface area contributed by atoms with E-state index in [9.17, 15) is 9.59 Å². The summed E-state index contributed by atoms with van der Waals surface area (Å²) in [4.78, 5) is 30.3. The normalized spacial score (nSPS) is 22.7. The number of nitrogens with zero attached hydrogens (tertiary/aromatic N) is 2. The Bertz CT molecular complexity index is 477. The molecule has 1 aromatic rings. The molecule has 2 N–H and O–H groups in total. The molecular formula is C11H13N3O4. The van der Waals surface area contributed by atoms with Crippen LogP contribution < -0.4 is 5.32 Å². The second-order valence-electron chi connectivity index (χ2n) is 4.02. The van der Waals surface area contributed by atoms with Gasteiger partial charge in [-0.05, 0) is 13.3 Å². The molecule has 0 spiro atoms. The van der Waals surface area contributed by atoms with E-state index in [0.717, 1.165) is 0 Å². The molecule has 1 aliphatic rings. The van der Waals surface area contributed by atoms with Gasteiger partial charge in [0.1, 0.15) is 0 Å². The van der Waals surface area contributed by atoms with Crippen molar-refractivity contribution in [3.8, 4) is 0 Å². The summed E-state index contributed by atoms with van der Waals surface area (Å²) in [5.74, 6) is -1.83. The van der Waals surface area contributed by atoms with Crippen LogP contribution in [0, 0.1) is 5.92 Å². The summed E-state index contributed by atoms with van der Waals surface area (Å²) in [5, 5.41) is 11.4. The van der Waals surface area contributed by atoms with Gasteiger partial charge in [-0.1, -0.05) is 0 Å². The van der Waals surface area contributed by atoms with E-state index in [1.165, 1.54) is 12.4 Å². The first-order valence-electron chi connectivity index (χ1n) is 5.56. The number of aromatic carboxylic acids is 1. The zero-order valence-electron chi connectivity index (χ0n) is 9.79. The summed E-state index contributed by atoms with van der Waals surface area (Å²) in [6.07, 6.45) is 3.04. The predicted octanol–water partition coefficient (Wildman–Crippen LogP) is 0.538. The predicted molar refractivity (Wildman–Crippen MR) is 61.1 cm³/mol. The molecule has 1 aliphatic heterocycles. The highest BCUT2D eigenvalue weighted by Crippen LogP contribution is 2.22. The summed E-state index contributed by atoms with van der Waals surface area (Å²) in [6, 6.07) is 0. The number of nitrogens with one attached hydrogen (secondary N) is 1. The number of carboxylic acid groups (broad SMARTS) is 1. The van der Waals surface area contributed by atoms with Crippen molar-refractivity contribution >= 4 is 17.7 Å². The maximum Gasteiger partial charge on any atom is 0.358 e. The van der Waals surface area contributed by atoms with Crippen molar-refractivity contribution in [2.24, 2.45) is 5.92 Å². The van der Waals surface area contributed by atoms with Crippen LogP contribution in [-0.2, 0) is 9.53 Å². The Labute approximate surface area is 103 Å². The standard InChI is InChI=1S/C11H13N3O4/c1-6-7(2-5-18-6)10(15)14-9-8(11(16)17)12-3-4-13-9/h3-4,6-7H,2,5H2,1H3,(H,16,17)(H,13,14,15). The summed E-state index contributed by atoms with van der Waals surface area (Å²) >= 11 is 0. The van der Waals surface area contributed by atoms with Crippen LogP contribution >= 0.6 is 0 Å². The zero-order chi connectivity index (χ0) is 13.1. The van der Waals surface area contributed by atoms with Crippen molar-refractivity contribution in [1.29, 1.82) is 0 Å². The van der Waals surface area contributed by atoms with E-state index >= 15 is 0 Å². The van der Waals surface area contributed by atoms with E-state index in [4.69, 9.17) is 9.84 Å². The van der Waals surface area contributed by atoms with E-state index in [1.54, 1.807) is 0 Å². The van der Waals surface area contributed by atoms with E-state index < -0.39 is 5.97 Å². The molecule has 2 heterocycles. The lowest BCUT2D eigenvalue weighted by molar-refractivity contribution is -0.121. The number of carboxylic acids is 1. The molecule has 0 radical (unpaired) electrons. The lowest BCUT2D eigenvalue weighted by Gasteiger charge is -2.14. The Kier molecular flexibility index (Phi) is 3.52. The summed E-state index contributed by atoms with van der Waals surface area (Å²) in [5.41, 5.74) is -0.266. The highest BCUT2D eigenvalue weighted by atomic mass is 16.5. The van der Waals surface area contributed by atoms with Crippen LogP contribution in [0.5, 0.6) is 0 Å². The van der Waals surface area contributed by atoms with Crippen molar-refractivity contribution < 1.29 is 19.4 Å². The number of ether oxygens (including phenoxy) is 1. The van der Waals surface area contributed by atoms with Gasteiger partial charge in [0.05, 0.1) is 12.0 Å². The van der Waals surface area contributed by atoms with Crippen molar-refractivity contribution in [1.82, 2.24) is 9.97 Å². The molecule has 1 aromatic heterocycles. The van der Waals surface area contributed by atoms with Crippen LogP contribution in [-0.4, -0.2) is 39.7 Å². The fourth-order valence-corrected chi connectivity index (χ4v) is 1.87. The first-order valence-corrected chi connectivity index (χ1v) is 5.56. The van der Waals surface area contributed by atoms with Crippen LogP contribution in [0.25, 0.3) is 0 Å². The molecule has 2 rings (SSSR count). The number of rotatable bonds is 3. The molecule has 2 unspecified atom stereocenters. The summed E-state index contributed by atoms with van der Waals surface area (Å²) in [6.45, 7) is 2.34. The van der Waals surface area contributed by atoms with Gasteiger partial charge in [0, 0.05) is 19.0 Å². The molecular weight excluding hydrogens is 238 g/mol. The molecule has 7 nitrogen and oxygen atoms in total. The SMILES string of the molecule is CC1OCCC1C(=O)Nc1nccnc1C(=O)O. The van der Waals surface area contributed by atoms with E-state index in [2.05, 4.69) is 15.3 Å². The number of carbonyl (C=O) groups is 2. The molecule has 96 valence electrons. The summed E-state index contributed by atoms with van der Waals surface area (Å²) < 4.78 is 5.29. The molecule has 0 saturated carbocycles. The number of anilines is 1. The van der Waals surface area contributed by atoms with Gasteiger partial charge in [-0.25, -0.2) is 14.8 Å². The van der Waals surface area contributed by atoms with Crippen LogP contribution in [0.1, 0.15) is 23.8 Å². The van der Waals surface area contributed by atoms with Gasteiger partial charge < -0.3 is 15.2 Å². The van der Waals surface area contributed by atoms with E-state index in [-0.39, 0.29) is 29.4 Å². The van der Waals surface area contributed by atoms with Crippen LogP contribution in [0.15, 0.2) is 12.4 Å². The Morgan fingerprint density at radius 3 is 2.78 bits per heavy atom. The second kappa shape index (κ2) is 5.09.